The first-order valence-electron chi connectivity index (χ1n) is 4.75. The quantitative estimate of drug-likeness (QED) is 0.647. The molecule has 0 radical (unpaired) electrons. The van der Waals surface area contributed by atoms with Gasteiger partial charge in [-0.05, 0) is 32.2 Å². The Labute approximate surface area is 71.6 Å². The van der Waals surface area contributed by atoms with Gasteiger partial charge in [0, 0.05) is 6.04 Å². The van der Waals surface area contributed by atoms with Gasteiger partial charge in [0.15, 0.2) is 0 Å². The molecule has 1 heteroatoms. The zero-order chi connectivity index (χ0) is 8.85. The lowest BCUT2D eigenvalue weighted by Gasteiger charge is -2.19. The summed E-state index contributed by atoms with van der Waals surface area (Å²) in [6.45, 7) is 9.15. The molecule has 0 bridgehead atoms. The maximum Gasteiger partial charge on any atom is 0.00613 e. The Balaban J connectivity index is 3.43. The molecular weight excluding hydrogens is 134 g/mol. The van der Waals surface area contributed by atoms with Gasteiger partial charge in [0.05, 0.1) is 0 Å². The molecule has 0 aromatic carbocycles. The Morgan fingerprint density at radius 1 is 1.00 bits per heavy atom. The molecule has 2 atom stereocenters. The molecule has 0 aliphatic carbocycles. The molecule has 0 spiro atoms. The normalized spacial score (nSPS) is 16.9. The highest BCUT2D eigenvalue weighted by molar-refractivity contribution is 4.66. The fraction of sp³-hybridized carbons (Fsp3) is 1.00. The average molecular weight is 157 g/mol. The Hall–Kier alpha value is -0.0400. The van der Waals surface area contributed by atoms with E-state index in [1.807, 2.05) is 7.05 Å². The lowest BCUT2D eigenvalue weighted by atomic mass is 9.94. The standard InChI is InChI=1S/C10H23N/c1-8(2)6-7-9(3)10(4)11-5/h8-11H,6-7H2,1-5H3. The fourth-order valence-electron chi connectivity index (χ4n) is 1.13. The average Bonchev–Trinajstić information content (AvgIpc) is 1.98. The van der Waals surface area contributed by atoms with Crippen molar-refractivity contribution in [2.24, 2.45) is 11.8 Å². The Bertz CT molecular complexity index is 88.9. The minimum Gasteiger partial charge on any atom is -0.317 e. The van der Waals surface area contributed by atoms with Gasteiger partial charge >= 0.3 is 0 Å². The van der Waals surface area contributed by atoms with Gasteiger partial charge in [0.1, 0.15) is 0 Å². The molecule has 0 heterocycles. The first kappa shape index (κ1) is 11.0. The molecule has 0 aliphatic heterocycles. The maximum absolute atomic E-state index is 3.29. The van der Waals surface area contributed by atoms with Gasteiger partial charge in [-0.3, -0.25) is 0 Å². The summed E-state index contributed by atoms with van der Waals surface area (Å²) in [5.41, 5.74) is 0. The molecular formula is C10H23N. The topological polar surface area (TPSA) is 12.0 Å². The van der Waals surface area contributed by atoms with Crippen LogP contribution in [0.2, 0.25) is 0 Å². The summed E-state index contributed by atoms with van der Waals surface area (Å²) in [6, 6.07) is 0.661. The SMILES string of the molecule is CNC(C)C(C)CCC(C)C. The van der Waals surface area contributed by atoms with Crippen LogP contribution in [-0.4, -0.2) is 13.1 Å². The van der Waals surface area contributed by atoms with E-state index < -0.39 is 0 Å². The highest BCUT2D eigenvalue weighted by Crippen LogP contribution is 2.14. The van der Waals surface area contributed by atoms with Gasteiger partial charge in [0.25, 0.3) is 0 Å². The smallest absolute Gasteiger partial charge is 0.00613 e. The molecule has 0 saturated heterocycles. The van der Waals surface area contributed by atoms with Crippen LogP contribution in [0.4, 0.5) is 0 Å². The summed E-state index contributed by atoms with van der Waals surface area (Å²) < 4.78 is 0. The second-order valence-corrected chi connectivity index (χ2v) is 4.03. The zero-order valence-electron chi connectivity index (χ0n) is 8.65. The molecule has 0 saturated carbocycles. The van der Waals surface area contributed by atoms with Crippen LogP contribution in [0.25, 0.3) is 0 Å². The molecule has 11 heavy (non-hydrogen) atoms. The molecule has 1 nitrogen and oxygen atoms in total. The third kappa shape index (κ3) is 5.25. The van der Waals surface area contributed by atoms with Crippen LogP contribution >= 0.6 is 0 Å². The highest BCUT2D eigenvalue weighted by atomic mass is 14.9. The van der Waals surface area contributed by atoms with Crippen LogP contribution in [0.1, 0.15) is 40.5 Å². The third-order valence-electron chi connectivity index (χ3n) is 2.51. The van der Waals surface area contributed by atoms with E-state index in [1.54, 1.807) is 0 Å². The third-order valence-corrected chi connectivity index (χ3v) is 2.51. The van der Waals surface area contributed by atoms with E-state index >= 15 is 0 Å². The molecule has 0 fully saturated rings. The van der Waals surface area contributed by atoms with Crippen LogP contribution in [0.5, 0.6) is 0 Å². The Kier molecular flexibility index (Phi) is 5.57. The van der Waals surface area contributed by atoms with Crippen molar-refractivity contribution in [1.82, 2.24) is 5.32 Å². The van der Waals surface area contributed by atoms with Crippen molar-refractivity contribution in [2.45, 2.75) is 46.6 Å². The summed E-state index contributed by atoms with van der Waals surface area (Å²) >= 11 is 0. The van der Waals surface area contributed by atoms with Gasteiger partial charge in [-0.15, -0.1) is 0 Å². The fourth-order valence-corrected chi connectivity index (χ4v) is 1.13. The number of rotatable bonds is 5. The molecule has 0 amide bonds. The number of hydrogen-bond acceptors (Lipinski definition) is 1. The van der Waals surface area contributed by atoms with Gasteiger partial charge in [-0.2, -0.15) is 0 Å². The van der Waals surface area contributed by atoms with E-state index in [2.05, 4.69) is 33.0 Å². The van der Waals surface area contributed by atoms with Crippen molar-refractivity contribution in [3.05, 3.63) is 0 Å². The van der Waals surface area contributed by atoms with E-state index in [4.69, 9.17) is 0 Å². The van der Waals surface area contributed by atoms with Gasteiger partial charge in [-0.25, -0.2) is 0 Å². The van der Waals surface area contributed by atoms with Crippen molar-refractivity contribution < 1.29 is 0 Å². The Morgan fingerprint density at radius 3 is 1.91 bits per heavy atom. The predicted octanol–water partition coefficient (Wildman–Crippen LogP) is 2.67. The summed E-state index contributed by atoms with van der Waals surface area (Å²) in [5, 5.41) is 3.29. The second-order valence-electron chi connectivity index (χ2n) is 4.03. The van der Waals surface area contributed by atoms with E-state index in [0.29, 0.717) is 6.04 Å². The van der Waals surface area contributed by atoms with Crippen LogP contribution in [0.3, 0.4) is 0 Å². The van der Waals surface area contributed by atoms with E-state index in [1.165, 1.54) is 12.8 Å². The lowest BCUT2D eigenvalue weighted by Crippen LogP contribution is -2.28. The monoisotopic (exact) mass is 157 g/mol. The largest absolute Gasteiger partial charge is 0.317 e. The minimum atomic E-state index is 0.661. The van der Waals surface area contributed by atoms with Crippen LogP contribution < -0.4 is 5.32 Å². The summed E-state index contributed by atoms with van der Waals surface area (Å²) in [5.74, 6) is 1.66. The minimum absolute atomic E-state index is 0.661. The molecule has 68 valence electrons. The molecule has 1 N–H and O–H groups in total. The highest BCUT2D eigenvalue weighted by Gasteiger charge is 2.09. The number of hydrogen-bond donors (Lipinski definition) is 1. The van der Waals surface area contributed by atoms with Crippen molar-refractivity contribution >= 4 is 0 Å². The summed E-state index contributed by atoms with van der Waals surface area (Å²) in [7, 11) is 2.04. The van der Waals surface area contributed by atoms with Crippen molar-refractivity contribution in [2.75, 3.05) is 7.05 Å². The maximum atomic E-state index is 3.29. The number of nitrogens with one attached hydrogen (secondary N) is 1. The van der Waals surface area contributed by atoms with Crippen LogP contribution in [0, 0.1) is 11.8 Å². The second kappa shape index (κ2) is 5.59. The molecule has 0 rings (SSSR count). The van der Waals surface area contributed by atoms with Gasteiger partial charge in [-0.1, -0.05) is 27.2 Å². The molecule has 0 aromatic rings. The zero-order valence-corrected chi connectivity index (χ0v) is 8.65. The summed E-state index contributed by atoms with van der Waals surface area (Å²) in [4.78, 5) is 0. The van der Waals surface area contributed by atoms with E-state index in [9.17, 15) is 0 Å². The van der Waals surface area contributed by atoms with Gasteiger partial charge in [0.2, 0.25) is 0 Å². The van der Waals surface area contributed by atoms with Crippen molar-refractivity contribution in [1.29, 1.82) is 0 Å². The van der Waals surface area contributed by atoms with Crippen molar-refractivity contribution in [3.63, 3.8) is 0 Å². The molecule has 0 aliphatic rings. The van der Waals surface area contributed by atoms with Gasteiger partial charge < -0.3 is 5.32 Å². The first-order valence-corrected chi connectivity index (χ1v) is 4.75. The van der Waals surface area contributed by atoms with Crippen molar-refractivity contribution in [3.8, 4) is 0 Å². The van der Waals surface area contributed by atoms with E-state index in [0.717, 1.165) is 11.8 Å². The Morgan fingerprint density at radius 2 is 1.55 bits per heavy atom. The first-order chi connectivity index (χ1) is 5.07. The van der Waals surface area contributed by atoms with Crippen LogP contribution in [0.15, 0.2) is 0 Å². The summed E-state index contributed by atoms with van der Waals surface area (Å²) in [6.07, 6.45) is 2.70. The van der Waals surface area contributed by atoms with Crippen LogP contribution in [-0.2, 0) is 0 Å². The lowest BCUT2D eigenvalue weighted by molar-refractivity contribution is 0.368. The molecule has 2 unspecified atom stereocenters. The molecule has 0 aromatic heterocycles. The van der Waals surface area contributed by atoms with E-state index in [-0.39, 0.29) is 0 Å². The predicted molar refractivity (Wildman–Crippen MR) is 51.8 cm³/mol.